The Hall–Kier alpha value is -1.95. The van der Waals surface area contributed by atoms with Crippen molar-refractivity contribution in [2.45, 2.75) is 71.2 Å². The van der Waals surface area contributed by atoms with Crippen LogP contribution in [0.3, 0.4) is 0 Å². The van der Waals surface area contributed by atoms with Gasteiger partial charge in [0.25, 0.3) is 11.8 Å². The van der Waals surface area contributed by atoms with Crippen LogP contribution in [0.25, 0.3) is 0 Å². The molecule has 2 atom stereocenters. The third-order valence-electron chi connectivity index (χ3n) is 5.06. The number of amides is 1. The molecule has 2 unspecified atom stereocenters. The van der Waals surface area contributed by atoms with Crippen LogP contribution in [0.5, 0.6) is 0 Å². The van der Waals surface area contributed by atoms with Crippen molar-refractivity contribution in [2.75, 3.05) is 33.3 Å². The molecule has 200 valence electrons. The van der Waals surface area contributed by atoms with E-state index in [0.29, 0.717) is 13.1 Å². The van der Waals surface area contributed by atoms with Gasteiger partial charge in [-0.25, -0.2) is 22.4 Å². The molecule has 1 aromatic rings. The summed E-state index contributed by atoms with van der Waals surface area (Å²) in [4.78, 5) is 13.0. The Balaban J connectivity index is 0. The molecule has 34 heavy (non-hydrogen) atoms. The standard InChI is InChI=1S/C14H17F2NO3.C6H11F2NO.CH4O.2CH4/c15-14(16)7-9-17(8-6-12(14)18)13(19)20-10-11-4-2-1-3-5-11;7-6(8)2-4-9-3-1-5(6)10;1-2;;/h1-5,12,18H,6-10H2;5,9-10H,1-4H2;2H,1H3;2*1H4. The van der Waals surface area contributed by atoms with Gasteiger partial charge in [0, 0.05) is 39.6 Å². The molecule has 2 saturated heterocycles. The highest BCUT2D eigenvalue weighted by atomic mass is 19.3. The number of hydrogen-bond donors (Lipinski definition) is 4. The highest BCUT2D eigenvalue weighted by molar-refractivity contribution is 5.67. The smallest absolute Gasteiger partial charge is 0.410 e. The maximum atomic E-state index is 13.3. The van der Waals surface area contributed by atoms with Gasteiger partial charge < -0.3 is 30.3 Å². The average Bonchev–Trinajstić information content (AvgIpc) is 3.02. The largest absolute Gasteiger partial charge is 0.445 e. The minimum atomic E-state index is -3.14. The maximum absolute atomic E-state index is 13.3. The Morgan fingerprint density at radius 2 is 1.53 bits per heavy atom. The minimum absolute atomic E-state index is 0. The molecule has 2 aliphatic heterocycles. The van der Waals surface area contributed by atoms with Crippen LogP contribution in [0.1, 0.15) is 46.1 Å². The van der Waals surface area contributed by atoms with Gasteiger partial charge in [-0.15, -0.1) is 0 Å². The lowest BCUT2D eigenvalue weighted by molar-refractivity contribution is -0.108. The van der Waals surface area contributed by atoms with Crippen molar-refractivity contribution < 1.29 is 42.4 Å². The average molecular weight is 501 g/mol. The predicted molar refractivity (Wildman–Crippen MR) is 123 cm³/mol. The van der Waals surface area contributed by atoms with Crippen molar-refractivity contribution in [1.29, 1.82) is 0 Å². The van der Waals surface area contributed by atoms with Crippen LogP contribution in [0.2, 0.25) is 0 Å². The van der Waals surface area contributed by atoms with Gasteiger partial charge in [0.05, 0.1) is 0 Å². The number of ether oxygens (including phenoxy) is 1. The van der Waals surface area contributed by atoms with E-state index in [1.165, 1.54) is 4.90 Å². The van der Waals surface area contributed by atoms with Crippen molar-refractivity contribution in [3.05, 3.63) is 35.9 Å². The lowest BCUT2D eigenvalue weighted by Gasteiger charge is -2.19. The van der Waals surface area contributed by atoms with Crippen LogP contribution in [0.15, 0.2) is 30.3 Å². The number of halogens is 4. The van der Waals surface area contributed by atoms with Crippen molar-refractivity contribution in [3.63, 3.8) is 0 Å². The first-order valence-electron chi connectivity index (χ1n) is 10.3. The second kappa shape index (κ2) is 16.6. The summed E-state index contributed by atoms with van der Waals surface area (Å²) < 4.78 is 56.9. The summed E-state index contributed by atoms with van der Waals surface area (Å²) in [6, 6.07) is 9.13. The fourth-order valence-corrected chi connectivity index (χ4v) is 3.04. The van der Waals surface area contributed by atoms with E-state index in [9.17, 15) is 27.5 Å². The van der Waals surface area contributed by atoms with Gasteiger partial charge in [0.15, 0.2) is 0 Å². The minimum Gasteiger partial charge on any atom is -0.445 e. The molecule has 0 aromatic heterocycles. The third-order valence-corrected chi connectivity index (χ3v) is 5.06. The summed E-state index contributed by atoms with van der Waals surface area (Å²) >= 11 is 0. The van der Waals surface area contributed by atoms with Crippen molar-refractivity contribution in [2.24, 2.45) is 0 Å². The quantitative estimate of drug-likeness (QED) is 0.463. The second-order valence-electron chi connectivity index (χ2n) is 7.41. The summed E-state index contributed by atoms with van der Waals surface area (Å²) in [5.41, 5.74) is 0.834. The molecule has 1 aromatic carbocycles. The molecule has 7 nitrogen and oxygen atoms in total. The molecule has 4 N–H and O–H groups in total. The van der Waals surface area contributed by atoms with Crippen LogP contribution < -0.4 is 5.32 Å². The first-order valence-corrected chi connectivity index (χ1v) is 10.3. The molecule has 0 radical (unpaired) electrons. The first kappa shape index (κ1) is 34.2. The molecule has 0 bridgehead atoms. The van der Waals surface area contributed by atoms with E-state index in [1.54, 1.807) is 0 Å². The summed E-state index contributed by atoms with van der Waals surface area (Å²) in [7, 11) is 1.00. The molecular weight excluding hydrogens is 460 g/mol. The fraction of sp³-hybridized carbons (Fsp3) is 0.696. The number of carbonyl (C=O) groups excluding carboxylic acids is 1. The molecule has 0 spiro atoms. The zero-order valence-electron chi connectivity index (χ0n) is 18.0. The Labute approximate surface area is 199 Å². The number of likely N-dealkylation sites (tertiary alicyclic amines) is 1. The lowest BCUT2D eigenvalue weighted by Crippen LogP contribution is -2.33. The maximum Gasteiger partial charge on any atom is 0.410 e. The predicted octanol–water partition coefficient (Wildman–Crippen LogP) is 3.66. The molecule has 2 fully saturated rings. The summed E-state index contributed by atoms with van der Waals surface area (Å²) in [6.45, 7) is 0.845. The molecular formula is C23H40F4N2O5. The number of aliphatic hydroxyl groups is 3. The zero-order valence-corrected chi connectivity index (χ0v) is 18.0. The van der Waals surface area contributed by atoms with Crippen LogP contribution >= 0.6 is 0 Å². The Bertz CT molecular complexity index is 668. The molecule has 2 aliphatic rings. The number of nitrogens with zero attached hydrogens (tertiary/aromatic N) is 1. The van der Waals surface area contributed by atoms with E-state index < -0.39 is 36.6 Å². The number of hydrogen-bond acceptors (Lipinski definition) is 6. The number of nitrogens with one attached hydrogen (secondary N) is 1. The topological polar surface area (TPSA) is 102 Å². The molecule has 3 rings (SSSR count). The van der Waals surface area contributed by atoms with Crippen molar-refractivity contribution >= 4 is 6.09 Å². The van der Waals surface area contributed by atoms with E-state index in [0.717, 1.165) is 12.7 Å². The van der Waals surface area contributed by atoms with Crippen LogP contribution in [0.4, 0.5) is 22.4 Å². The number of benzene rings is 1. The molecule has 11 heteroatoms. The molecule has 1 amide bonds. The van der Waals surface area contributed by atoms with Crippen LogP contribution in [-0.2, 0) is 11.3 Å². The van der Waals surface area contributed by atoms with Gasteiger partial charge in [-0.1, -0.05) is 45.2 Å². The number of aliphatic hydroxyl groups excluding tert-OH is 3. The van der Waals surface area contributed by atoms with Crippen molar-refractivity contribution in [1.82, 2.24) is 10.2 Å². The fourth-order valence-electron chi connectivity index (χ4n) is 3.04. The monoisotopic (exact) mass is 500 g/mol. The highest BCUT2D eigenvalue weighted by Crippen LogP contribution is 2.28. The van der Waals surface area contributed by atoms with Gasteiger partial charge in [-0.05, 0) is 24.9 Å². The van der Waals surface area contributed by atoms with E-state index >= 15 is 0 Å². The zero-order chi connectivity index (χ0) is 24.2. The molecule has 2 heterocycles. The Morgan fingerprint density at radius 3 is 2.15 bits per heavy atom. The van der Waals surface area contributed by atoms with Gasteiger partial charge in [-0.2, -0.15) is 0 Å². The van der Waals surface area contributed by atoms with Gasteiger partial charge in [0.2, 0.25) is 0 Å². The summed E-state index contributed by atoms with van der Waals surface area (Å²) in [5, 5.41) is 27.9. The first-order chi connectivity index (χ1) is 15.1. The SMILES string of the molecule is C.C.CO.O=C(OCc1ccccc1)N1CCC(O)C(F)(F)CC1.OC1CCNCCC1(F)F. The number of rotatable bonds is 2. The van der Waals surface area contributed by atoms with Crippen molar-refractivity contribution in [3.8, 4) is 0 Å². The van der Waals surface area contributed by atoms with Gasteiger partial charge in [-0.3, -0.25) is 0 Å². The third kappa shape index (κ3) is 11.5. The van der Waals surface area contributed by atoms with E-state index in [2.05, 4.69) is 5.32 Å². The lowest BCUT2D eigenvalue weighted by atomic mass is 10.1. The van der Waals surface area contributed by atoms with E-state index in [1.807, 2.05) is 30.3 Å². The van der Waals surface area contributed by atoms with E-state index in [4.69, 9.17) is 14.9 Å². The van der Waals surface area contributed by atoms with Gasteiger partial charge in [0.1, 0.15) is 18.8 Å². The highest BCUT2D eigenvalue weighted by Gasteiger charge is 2.41. The Morgan fingerprint density at radius 1 is 0.971 bits per heavy atom. The van der Waals surface area contributed by atoms with Crippen LogP contribution in [-0.4, -0.2) is 83.7 Å². The summed E-state index contributed by atoms with van der Waals surface area (Å²) in [5.74, 6) is -6.03. The normalized spacial score (nSPS) is 23.0. The second-order valence-corrected chi connectivity index (χ2v) is 7.41. The van der Waals surface area contributed by atoms with Crippen LogP contribution in [0, 0.1) is 0 Å². The number of alkyl halides is 4. The van der Waals surface area contributed by atoms with Gasteiger partial charge >= 0.3 is 6.09 Å². The van der Waals surface area contributed by atoms with E-state index in [-0.39, 0.29) is 53.8 Å². The number of carbonyl (C=O) groups is 1. The molecule has 0 aliphatic carbocycles. The Kier molecular flexibility index (Phi) is 16.7. The molecule has 0 saturated carbocycles. The summed E-state index contributed by atoms with van der Waals surface area (Å²) in [6.07, 6.45) is -4.58.